The van der Waals surface area contributed by atoms with Gasteiger partial charge in [0.25, 0.3) is 0 Å². The van der Waals surface area contributed by atoms with E-state index in [1.165, 1.54) is 0 Å². The monoisotopic (exact) mass is 196 g/mol. The number of aryl methyl sites for hydroxylation is 1. The van der Waals surface area contributed by atoms with Crippen molar-refractivity contribution in [2.45, 2.75) is 32.4 Å². The Morgan fingerprint density at radius 3 is 3.00 bits per heavy atom. The van der Waals surface area contributed by atoms with Gasteiger partial charge in [-0.15, -0.1) is 0 Å². The van der Waals surface area contributed by atoms with Gasteiger partial charge in [0.05, 0.1) is 6.54 Å². The van der Waals surface area contributed by atoms with Crippen LogP contribution < -0.4 is 10.6 Å². The van der Waals surface area contributed by atoms with Gasteiger partial charge in [0.2, 0.25) is 5.89 Å². The van der Waals surface area contributed by atoms with E-state index in [0.717, 1.165) is 12.8 Å². The fraction of sp³-hybridized carbons (Fsp3) is 0.625. The third-order valence-corrected chi connectivity index (χ3v) is 1.89. The maximum Gasteiger partial charge on any atom is 0.315 e. The quantitative estimate of drug-likeness (QED) is 0.730. The summed E-state index contributed by atoms with van der Waals surface area (Å²) in [6, 6.07) is 0.192. The van der Waals surface area contributed by atoms with Gasteiger partial charge in [0, 0.05) is 13.0 Å². The number of urea groups is 1. The molecule has 0 unspecified atom stereocenters. The largest absolute Gasteiger partial charge is 0.340 e. The molecule has 0 spiro atoms. The predicted octanol–water partition coefficient (Wildman–Crippen LogP) is 0.340. The Labute approximate surface area is 81.1 Å². The number of hydrogen-bond acceptors (Lipinski definition) is 4. The predicted molar refractivity (Wildman–Crippen MR) is 47.4 cm³/mol. The molecule has 1 aromatic heterocycles. The number of rotatable bonds is 3. The topological polar surface area (TPSA) is 80.0 Å². The Morgan fingerprint density at radius 2 is 2.43 bits per heavy atom. The number of carbonyl (C=O) groups is 1. The number of amides is 2. The smallest absolute Gasteiger partial charge is 0.315 e. The number of aromatic nitrogens is 2. The third kappa shape index (κ3) is 2.45. The number of nitrogens with zero attached hydrogens (tertiary/aromatic N) is 2. The van der Waals surface area contributed by atoms with Crippen molar-refractivity contribution in [3.63, 3.8) is 0 Å². The molecule has 76 valence electrons. The molecule has 14 heavy (non-hydrogen) atoms. The minimum atomic E-state index is -0.171. The van der Waals surface area contributed by atoms with Gasteiger partial charge < -0.3 is 15.2 Å². The summed E-state index contributed by atoms with van der Waals surface area (Å²) in [4.78, 5) is 15.1. The van der Waals surface area contributed by atoms with Crippen LogP contribution in [0, 0.1) is 6.92 Å². The maximum absolute atomic E-state index is 11.2. The van der Waals surface area contributed by atoms with E-state index >= 15 is 0 Å². The fourth-order valence-corrected chi connectivity index (χ4v) is 1.04. The zero-order valence-electron chi connectivity index (χ0n) is 7.91. The summed E-state index contributed by atoms with van der Waals surface area (Å²) in [7, 11) is 0. The lowest BCUT2D eigenvalue weighted by atomic mass is 10.6. The Kier molecular flexibility index (Phi) is 2.34. The first-order valence-electron chi connectivity index (χ1n) is 4.57. The van der Waals surface area contributed by atoms with E-state index in [1.807, 2.05) is 0 Å². The molecule has 0 saturated heterocycles. The maximum atomic E-state index is 11.2. The zero-order chi connectivity index (χ0) is 9.97. The Morgan fingerprint density at radius 1 is 1.64 bits per heavy atom. The standard InChI is InChI=1S/C8H12N4O2/c1-5-10-7(12-14-5)4-9-8(13)11-6-2-3-6/h6H,2-4H2,1H3,(H2,9,11,13). The minimum Gasteiger partial charge on any atom is -0.340 e. The van der Waals surface area contributed by atoms with Crippen LogP contribution >= 0.6 is 0 Å². The van der Waals surface area contributed by atoms with Crippen molar-refractivity contribution in [1.29, 1.82) is 0 Å². The summed E-state index contributed by atoms with van der Waals surface area (Å²) < 4.78 is 4.76. The second-order valence-corrected chi connectivity index (χ2v) is 3.33. The van der Waals surface area contributed by atoms with Crippen LogP contribution in [0.1, 0.15) is 24.6 Å². The first kappa shape index (κ1) is 8.98. The highest BCUT2D eigenvalue weighted by atomic mass is 16.5. The van der Waals surface area contributed by atoms with Gasteiger partial charge in [-0.3, -0.25) is 0 Å². The average molecular weight is 196 g/mol. The van der Waals surface area contributed by atoms with Crippen LogP contribution in [0.3, 0.4) is 0 Å². The summed E-state index contributed by atoms with van der Waals surface area (Å²) in [6.45, 7) is 2.01. The Hall–Kier alpha value is -1.59. The molecule has 2 amide bonds. The molecular weight excluding hydrogens is 184 g/mol. The Balaban J connectivity index is 1.73. The molecular formula is C8H12N4O2. The molecule has 1 aromatic rings. The Bertz CT molecular complexity index is 332. The van der Waals surface area contributed by atoms with Crippen LogP contribution in [0.15, 0.2) is 4.52 Å². The van der Waals surface area contributed by atoms with Crippen LogP contribution in [0.2, 0.25) is 0 Å². The molecule has 1 fully saturated rings. The minimum absolute atomic E-state index is 0.171. The second-order valence-electron chi connectivity index (χ2n) is 3.33. The van der Waals surface area contributed by atoms with Gasteiger partial charge in [-0.1, -0.05) is 5.16 Å². The van der Waals surface area contributed by atoms with Crippen molar-refractivity contribution in [2.24, 2.45) is 0 Å². The summed E-state index contributed by atoms with van der Waals surface area (Å²) in [5.74, 6) is 0.998. The van der Waals surface area contributed by atoms with Crippen molar-refractivity contribution in [3.05, 3.63) is 11.7 Å². The van der Waals surface area contributed by atoms with E-state index in [-0.39, 0.29) is 6.03 Å². The lowest BCUT2D eigenvalue weighted by Crippen LogP contribution is -2.36. The second kappa shape index (κ2) is 3.65. The number of nitrogens with one attached hydrogen (secondary N) is 2. The molecule has 6 heteroatoms. The molecule has 1 saturated carbocycles. The van der Waals surface area contributed by atoms with Crippen LogP contribution in [0.4, 0.5) is 4.79 Å². The van der Waals surface area contributed by atoms with Crippen LogP contribution in [-0.4, -0.2) is 22.2 Å². The molecule has 6 nitrogen and oxygen atoms in total. The van der Waals surface area contributed by atoms with E-state index in [0.29, 0.717) is 24.3 Å². The van der Waals surface area contributed by atoms with Gasteiger partial charge in [0.1, 0.15) is 0 Å². The lowest BCUT2D eigenvalue weighted by molar-refractivity contribution is 0.239. The molecule has 2 rings (SSSR count). The molecule has 1 aliphatic carbocycles. The molecule has 0 atom stereocenters. The summed E-state index contributed by atoms with van der Waals surface area (Å²) in [5, 5.41) is 9.10. The van der Waals surface area contributed by atoms with Crippen LogP contribution in [0.5, 0.6) is 0 Å². The first-order chi connectivity index (χ1) is 6.74. The van der Waals surface area contributed by atoms with E-state index in [4.69, 9.17) is 4.52 Å². The third-order valence-electron chi connectivity index (χ3n) is 1.89. The van der Waals surface area contributed by atoms with Crippen molar-refractivity contribution < 1.29 is 9.32 Å². The van der Waals surface area contributed by atoms with Gasteiger partial charge in [-0.2, -0.15) is 4.98 Å². The normalized spacial score (nSPS) is 15.2. The SMILES string of the molecule is Cc1nc(CNC(=O)NC2CC2)no1. The zero-order valence-corrected chi connectivity index (χ0v) is 7.91. The molecule has 1 heterocycles. The van der Waals surface area contributed by atoms with Gasteiger partial charge in [0.15, 0.2) is 5.82 Å². The number of hydrogen-bond donors (Lipinski definition) is 2. The van der Waals surface area contributed by atoms with Crippen LogP contribution in [0.25, 0.3) is 0 Å². The molecule has 0 aliphatic heterocycles. The summed E-state index contributed by atoms with van der Waals surface area (Å²) in [6.07, 6.45) is 2.16. The van der Waals surface area contributed by atoms with Crippen molar-refractivity contribution >= 4 is 6.03 Å². The van der Waals surface area contributed by atoms with Crippen molar-refractivity contribution in [2.75, 3.05) is 0 Å². The van der Waals surface area contributed by atoms with Crippen molar-refractivity contribution in [3.8, 4) is 0 Å². The molecule has 2 N–H and O–H groups in total. The van der Waals surface area contributed by atoms with Crippen LogP contribution in [-0.2, 0) is 6.54 Å². The van der Waals surface area contributed by atoms with E-state index in [2.05, 4.69) is 20.8 Å². The average Bonchev–Trinajstić information content (AvgIpc) is 2.85. The fourth-order valence-electron chi connectivity index (χ4n) is 1.04. The highest BCUT2D eigenvalue weighted by Gasteiger charge is 2.23. The summed E-state index contributed by atoms with van der Waals surface area (Å²) in [5.41, 5.74) is 0. The molecule has 1 aliphatic rings. The molecule has 0 aromatic carbocycles. The van der Waals surface area contributed by atoms with Crippen molar-refractivity contribution in [1.82, 2.24) is 20.8 Å². The van der Waals surface area contributed by atoms with Gasteiger partial charge in [-0.05, 0) is 12.8 Å². The number of carbonyl (C=O) groups excluding carboxylic acids is 1. The van der Waals surface area contributed by atoms with E-state index in [9.17, 15) is 4.79 Å². The summed E-state index contributed by atoms with van der Waals surface area (Å²) >= 11 is 0. The van der Waals surface area contributed by atoms with Gasteiger partial charge >= 0.3 is 6.03 Å². The molecule has 0 radical (unpaired) electrons. The van der Waals surface area contributed by atoms with E-state index < -0.39 is 0 Å². The molecule has 0 bridgehead atoms. The lowest BCUT2D eigenvalue weighted by Gasteiger charge is -2.02. The highest BCUT2D eigenvalue weighted by Crippen LogP contribution is 2.18. The van der Waals surface area contributed by atoms with E-state index in [1.54, 1.807) is 6.92 Å². The van der Waals surface area contributed by atoms with Gasteiger partial charge in [-0.25, -0.2) is 4.79 Å². The first-order valence-corrected chi connectivity index (χ1v) is 4.57. The highest BCUT2D eigenvalue weighted by molar-refractivity contribution is 5.74.